The third kappa shape index (κ3) is 4.71. The average molecular weight is 467 g/mol. The molecule has 5 nitrogen and oxygen atoms in total. The number of aryl methyl sites for hydroxylation is 1. The van der Waals surface area contributed by atoms with Crippen LogP contribution in [-0.4, -0.2) is 26.7 Å². The van der Waals surface area contributed by atoms with Gasteiger partial charge in [0.15, 0.2) is 5.11 Å². The maximum absolute atomic E-state index is 6.30. The zero-order chi connectivity index (χ0) is 22.7. The average Bonchev–Trinajstić information content (AvgIpc) is 3.25. The summed E-state index contributed by atoms with van der Waals surface area (Å²) in [7, 11) is 0. The van der Waals surface area contributed by atoms with Crippen molar-refractivity contribution < 1.29 is 4.52 Å². The molecule has 1 aliphatic rings. The van der Waals surface area contributed by atoms with Gasteiger partial charge in [-0.3, -0.25) is 0 Å². The summed E-state index contributed by atoms with van der Waals surface area (Å²) in [5, 5.41) is 9.13. The fraction of sp³-hybridized carbons (Fsp3) is 0.320. The van der Waals surface area contributed by atoms with E-state index in [-0.39, 0.29) is 6.04 Å². The van der Waals surface area contributed by atoms with Crippen LogP contribution in [0.5, 0.6) is 0 Å². The first-order valence-electron chi connectivity index (χ1n) is 10.9. The predicted molar refractivity (Wildman–Crippen MR) is 133 cm³/mol. The van der Waals surface area contributed by atoms with E-state index in [0.717, 1.165) is 53.8 Å². The van der Waals surface area contributed by atoms with Crippen LogP contribution >= 0.6 is 23.8 Å². The van der Waals surface area contributed by atoms with Crippen molar-refractivity contribution in [3.05, 3.63) is 76.3 Å². The molecular formula is C25H27ClN4OS. The molecule has 0 bridgehead atoms. The Hall–Kier alpha value is -2.70. The molecule has 0 fully saturated rings. The first-order valence-corrected chi connectivity index (χ1v) is 11.7. The quantitative estimate of drug-likeness (QED) is 0.314. The highest BCUT2D eigenvalue weighted by molar-refractivity contribution is 7.80. The Balaban J connectivity index is 1.78. The monoisotopic (exact) mass is 466 g/mol. The lowest BCUT2D eigenvalue weighted by molar-refractivity contribution is 0.395. The number of rotatable bonds is 7. The van der Waals surface area contributed by atoms with E-state index in [1.54, 1.807) is 0 Å². The largest absolute Gasteiger partial charge is 0.351 e. The number of nitrogens with one attached hydrogen (secondary N) is 1. The van der Waals surface area contributed by atoms with Crippen LogP contribution < -0.4 is 5.32 Å². The summed E-state index contributed by atoms with van der Waals surface area (Å²) in [5.74, 6) is 1.05. The first-order chi connectivity index (χ1) is 15.5. The summed E-state index contributed by atoms with van der Waals surface area (Å²) < 4.78 is 5.80. The number of nitrogens with zero attached hydrogens (tertiary/aromatic N) is 3. The first kappa shape index (κ1) is 22.5. The van der Waals surface area contributed by atoms with Crippen molar-refractivity contribution in [3.63, 3.8) is 0 Å². The SMILES string of the molecule is CCCCCN1C(=S)NC(c2cccc(Cl)c2)C(c2nc(-c3cccc(C)c3)no2)=C1C. The number of allylic oxidation sites excluding steroid dienone is 1. The molecule has 166 valence electrons. The molecule has 32 heavy (non-hydrogen) atoms. The molecule has 2 heterocycles. The Morgan fingerprint density at radius 2 is 1.94 bits per heavy atom. The van der Waals surface area contributed by atoms with E-state index in [0.29, 0.717) is 21.9 Å². The van der Waals surface area contributed by atoms with Crippen LogP contribution in [0.2, 0.25) is 5.02 Å². The van der Waals surface area contributed by atoms with Crippen molar-refractivity contribution in [3.8, 4) is 11.4 Å². The van der Waals surface area contributed by atoms with Gasteiger partial charge in [-0.25, -0.2) is 0 Å². The Morgan fingerprint density at radius 3 is 2.69 bits per heavy atom. The van der Waals surface area contributed by atoms with Crippen LogP contribution in [0.4, 0.5) is 0 Å². The van der Waals surface area contributed by atoms with Crippen LogP contribution in [0, 0.1) is 6.92 Å². The third-order valence-electron chi connectivity index (χ3n) is 5.70. The van der Waals surface area contributed by atoms with Gasteiger partial charge in [0.1, 0.15) is 0 Å². The zero-order valence-electron chi connectivity index (χ0n) is 18.6. The van der Waals surface area contributed by atoms with Crippen molar-refractivity contribution in [2.75, 3.05) is 6.54 Å². The molecule has 0 radical (unpaired) electrons. The number of halogens is 1. The minimum Gasteiger partial charge on any atom is -0.351 e. The third-order valence-corrected chi connectivity index (χ3v) is 6.27. The van der Waals surface area contributed by atoms with Gasteiger partial charge >= 0.3 is 0 Å². The molecule has 0 spiro atoms. The Bertz CT molecular complexity index is 1160. The fourth-order valence-electron chi connectivity index (χ4n) is 4.02. The van der Waals surface area contributed by atoms with Crippen molar-refractivity contribution >= 4 is 34.5 Å². The van der Waals surface area contributed by atoms with Gasteiger partial charge in [0.2, 0.25) is 5.82 Å². The highest BCUT2D eigenvalue weighted by atomic mass is 35.5. The molecule has 1 N–H and O–H groups in total. The maximum Gasteiger partial charge on any atom is 0.258 e. The van der Waals surface area contributed by atoms with E-state index < -0.39 is 0 Å². The molecular weight excluding hydrogens is 440 g/mol. The second-order valence-electron chi connectivity index (χ2n) is 8.09. The molecule has 0 saturated heterocycles. The lowest BCUT2D eigenvalue weighted by Crippen LogP contribution is -2.46. The summed E-state index contributed by atoms with van der Waals surface area (Å²) >= 11 is 12.0. The van der Waals surface area contributed by atoms with Gasteiger partial charge in [-0.2, -0.15) is 4.98 Å². The second kappa shape index (κ2) is 9.84. The maximum atomic E-state index is 6.30. The van der Waals surface area contributed by atoms with Gasteiger partial charge in [-0.1, -0.05) is 72.4 Å². The minimum absolute atomic E-state index is 0.227. The van der Waals surface area contributed by atoms with Gasteiger partial charge in [0, 0.05) is 22.8 Å². The number of unbranched alkanes of at least 4 members (excludes halogenated alkanes) is 2. The predicted octanol–water partition coefficient (Wildman–Crippen LogP) is 6.55. The van der Waals surface area contributed by atoms with Crippen LogP contribution in [0.15, 0.2) is 58.8 Å². The smallest absolute Gasteiger partial charge is 0.258 e. The topological polar surface area (TPSA) is 54.2 Å². The van der Waals surface area contributed by atoms with E-state index in [2.05, 4.69) is 35.3 Å². The van der Waals surface area contributed by atoms with E-state index in [4.69, 9.17) is 33.3 Å². The number of hydrogen-bond donors (Lipinski definition) is 1. The molecule has 4 rings (SSSR count). The molecule has 1 aliphatic heterocycles. The fourth-order valence-corrected chi connectivity index (χ4v) is 4.56. The lowest BCUT2D eigenvalue weighted by atomic mass is 9.94. The van der Waals surface area contributed by atoms with E-state index in [1.165, 1.54) is 0 Å². The molecule has 1 aromatic heterocycles. The van der Waals surface area contributed by atoms with E-state index >= 15 is 0 Å². The summed E-state index contributed by atoms with van der Waals surface area (Å²) in [6, 6.07) is 15.6. The van der Waals surface area contributed by atoms with Gasteiger partial charge in [-0.05, 0) is 56.2 Å². The van der Waals surface area contributed by atoms with E-state index in [1.807, 2.05) is 49.4 Å². The van der Waals surface area contributed by atoms with Crippen LogP contribution in [0.1, 0.15) is 56.2 Å². The number of hydrogen-bond acceptors (Lipinski definition) is 4. The highest BCUT2D eigenvalue weighted by Gasteiger charge is 2.34. The summed E-state index contributed by atoms with van der Waals surface area (Å²) in [6.45, 7) is 7.16. The van der Waals surface area contributed by atoms with Crippen molar-refractivity contribution in [1.29, 1.82) is 0 Å². The van der Waals surface area contributed by atoms with E-state index in [9.17, 15) is 0 Å². The molecule has 7 heteroatoms. The highest BCUT2D eigenvalue weighted by Crippen LogP contribution is 2.38. The van der Waals surface area contributed by atoms with Crippen molar-refractivity contribution in [1.82, 2.24) is 20.4 Å². The summed E-state index contributed by atoms with van der Waals surface area (Å²) in [5.41, 5.74) is 5.01. The Labute approximate surface area is 199 Å². The van der Waals surface area contributed by atoms with Gasteiger partial charge in [-0.15, -0.1) is 0 Å². The molecule has 0 saturated carbocycles. The standard InChI is InChI=1S/C25H27ClN4OS/c1-4-5-6-13-30-17(3)21(22(27-25(30)32)18-10-8-12-20(26)15-18)24-28-23(29-31-24)19-11-7-9-16(2)14-19/h7-12,14-15,22H,4-6,13H2,1-3H3,(H,27,32). The van der Waals surface area contributed by atoms with Crippen molar-refractivity contribution in [2.24, 2.45) is 0 Å². The number of thiocarbonyl (C=S) groups is 1. The van der Waals surface area contributed by atoms with Crippen LogP contribution in [0.3, 0.4) is 0 Å². The molecule has 3 aromatic rings. The lowest BCUT2D eigenvalue weighted by Gasteiger charge is -2.37. The van der Waals surface area contributed by atoms with Crippen molar-refractivity contribution in [2.45, 2.75) is 46.1 Å². The molecule has 2 aromatic carbocycles. The van der Waals surface area contributed by atoms with Gasteiger partial charge in [0.05, 0.1) is 11.6 Å². The van der Waals surface area contributed by atoms with Gasteiger partial charge in [0.25, 0.3) is 5.89 Å². The molecule has 0 aliphatic carbocycles. The molecule has 0 amide bonds. The Morgan fingerprint density at radius 1 is 1.12 bits per heavy atom. The van der Waals surface area contributed by atoms with Gasteiger partial charge < -0.3 is 14.7 Å². The summed E-state index contributed by atoms with van der Waals surface area (Å²) in [6.07, 6.45) is 3.36. The Kier molecular flexibility index (Phi) is 6.92. The molecule has 1 atom stereocenters. The zero-order valence-corrected chi connectivity index (χ0v) is 20.1. The van der Waals surface area contributed by atoms with Crippen LogP contribution in [0.25, 0.3) is 17.0 Å². The van der Waals surface area contributed by atoms with Crippen LogP contribution in [-0.2, 0) is 0 Å². The minimum atomic E-state index is -0.227. The number of aromatic nitrogens is 2. The molecule has 1 unspecified atom stereocenters. The summed E-state index contributed by atoms with van der Waals surface area (Å²) in [4.78, 5) is 6.91. The number of benzene rings is 2. The second-order valence-corrected chi connectivity index (χ2v) is 8.91. The normalized spacial score (nSPS) is 16.4.